The van der Waals surface area contributed by atoms with Gasteiger partial charge in [-0.3, -0.25) is 4.79 Å². The lowest BCUT2D eigenvalue weighted by Gasteiger charge is -2.27. The van der Waals surface area contributed by atoms with Crippen molar-refractivity contribution < 1.29 is 9.90 Å². The first-order chi connectivity index (χ1) is 7.08. The predicted molar refractivity (Wildman–Crippen MR) is 57.9 cm³/mol. The molecule has 0 saturated carbocycles. The molecule has 1 amide bonds. The molecule has 4 heteroatoms. The molecule has 0 aliphatic rings. The Balaban J connectivity index is 4.53. The van der Waals surface area contributed by atoms with Gasteiger partial charge in [0, 0.05) is 12.6 Å². The number of amides is 1. The number of carbonyl (C=O) groups excluding carboxylic acids is 1. The van der Waals surface area contributed by atoms with Crippen molar-refractivity contribution in [2.75, 3.05) is 13.2 Å². The van der Waals surface area contributed by atoms with Gasteiger partial charge >= 0.3 is 0 Å². The molecule has 0 bridgehead atoms. The van der Waals surface area contributed by atoms with E-state index in [4.69, 9.17) is 10.4 Å². The summed E-state index contributed by atoms with van der Waals surface area (Å²) >= 11 is 0. The fourth-order valence-corrected chi connectivity index (χ4v) is 1.46. The number of aliphatic hydroxyl groups is 1. The van der Waals surface area contributed by atoms with E-state index in [1.807, 2.05) is 26.8 Å². The van der Waals surface area contributed by atoms with Crippen LogP contribution in [-0.2, 0) is 4.79 Å². The molecular formula is C11H20N2O2. The Labute approximate surface area is 91.5 Å². The van der Waals surface area contributed by atoms with E-state index in [-0.39, 0.29) is 18.6 Å². The Kier molecular flexibility index (Phi) is 6.72. The molecule has 0 aliphatic carbocycles. The zero-order valence-electron chi connectivity index (χ0n) is 9.73. The van der Waals surface area contributed by atoms with E-state index in [0.29, 0.717) is 13.0 Å². The monoisotopic (exact) mass is 212 g/mol. The first-order valence-corrected chi connectivity index (χ1v) is 5.39. The molecule has 0 aromatic heterocycles. The molecule has 0 heterocycles. The zero-order valence-corrected chi connectivity index (χ0v) is 9.73. The van der Waals surface area contributed by atoms with Crippen LogP contribution >= 0.6 is 0 Å². The Bertz CT molecular complexity index is 233. The van der Waals surface area contributed by atoms with Crippen molar-refractivity contribution in [3.05, 3.63) is 0 Å². The van der Waals surface area contributed by atoms with Crippen LogP contribution in [0.15, 0.2) is 0 Å². The fourth-order valence-electron chi connectivity index (χ4n) is 1.46. The quantitative estimate of drug-likeness (QED) is 0.718. The molecule has 1 unspecified atom stereocenters. The minimum Gasteiger partial charge on any atom is -0.395 e. The van der Waals surface area contributed by atoms with Crippen LogP contribution < -0.4 is 0 Å². The molecule has 15 heavy (non-hydrogen) atoms. The number of aliphatic hydroxyl groups excluding tert-OH is 1. The fraction of sp³-hybridized carbons (Fsp3) is 0.818. The van der Waals surface area contributed by atoms with E-state index < -0.39 is 5.92 Å². The van der Waals surface area contributed by atoms with Crippen LogP contribution in [0.3, 0.4) is 0 Å². The first kappa shape index (κ1) is 13.9. The lowest BCUT2D eigenvalue weighted by molar-refractivity contribution is -0.136. The van der Waals surface area contributed by atoms with Crippen molar-refractivity contribution >= 4 is 5.91 Å². The van der Waals surface area contributed by atoms with Crippen LogP contribution in [-0.4, -0.2) is 35.1 Å². The number of nitriles is 1. The predicted octanol–water partition coefficient (Wildman–Crippen LogP) is 1.16. The number of nitrogens with zero attached hydrogens (tertiary/aromatic N) is 2. The topological polar surface area (TPSA) is 64.3 Å². The van der Waals surface area contributed by atoms with Crippen LogP contribution in [0.2, 0.25) is 0 Å². The molecule has 1 atom stereocenters. The number of rotatable bonds is 6. The largest absolute Gasteiger partial charge is 0.395 e. The summed E-state index contributed by atoms with van der Waals surface area (Å²) in [6.45, 7) is 5.96. The van der Waals surface area contributed by atoms with Crippen molar-refractivity contribution in [2.45, 2.75) is 39.7 Å². The molecule has 0 radical (unpaired) electrons. The Morgan fingerprint density at radius 2 is 2.13 bits per heavy atom. The zero-order chi connectivity index (χ0) is 11.8. The number of hydrogen-bond acceptors (Lipinski definition) is 3. The highest BCUT2D eigenvalue weighted by atomic mass is 16.3. The first-order valence-electron chi connectivity index (χ1n) is 5.39. The molecule has 0 spiro atoms. The summed E-state index contributed by atoms with van der Waals surface area (Å²) in [5.41, 5.74) is 0. The van der Waals surface area contributed by atoms with E-state index in [1.165, 1.54) is 0 Å². The summed E-state index contributed by atoms with van der Waals surface area (Å²) in [4.78, 5) is 13.4. The lowest BCUT2D eigenvalue weighted by atomic mass is 10.0. The third-order valence-electron chi connectivity index (χ3n) is 2.28. The highest BCUT2D eigenvalue weighted by Gasteiger charge is 2.24. The van der Waals surface area contributed by atoms with Gasteiger partial charge in [-0.2, -0.15) is 5.26 Å². The van der Waals surface area contributed by atoms with Gasteiger partial charge in [0.2, 0.25) is 5.91 Å². The van der Waals surface area contributed by atoms with Crippen molar-refractivity contribution in [1.82, 2.24) is 4.90 Å². The molecular weight excluding hydrogens is 192 g/mol. The summed E-state index contributed by atoms with van der Waals surface area (Å²) in [6, 6.07) is 2.05. The van der Waals surface area contributed by atoms with Crippen molar-refractivity contribution in [1.29, 1.82) is 5.26 Å². The van der Waals surface area contributed by atoms with Gasteiger partial charge in [-0.15, -0.1) is 0 Å². The van der Waals surface area contributed by atoms with Crippen molar-refractivity contribution in [3.8, 4) is 6.07 Å². The number of carbonyl (C=O) groups is 1. The highest BCUT2D eigenvalue weighted by Crippen LogP contribution is 2.11. The van der Waals surface area contributed by atoms with Crippen LogP contribution in [0.25, 0.3) is 0 Å². The SMILES string of the molecule is CCCC(C#N)C(=O)N(CCO)C(C)C. The second kappa shape index (κ2) is 7.24. The minimum absolute atomic E-state index is 0.0253. The average Bonchev–Trinajstić information content (AvgIpc) is 2.21. The summed E-state index contributed by atoms with van der Waals surface area (Å²) in [7, 11) is 0. The van der Waals surface area contributed by atoms with Gasteiger partial charge in [-0.1, -0.05) is 13.3 Å². The van der Waals surface area contributed by atoms with Crippen LogP contribution in [0, 0.1) is 17.2 Å². The third kappa shape index (κ3) is 4.30. The van der Waals surface area contributed by atoms with E-state index >= 15 is 0 Å². The Morgan fingerprint density at radius 3 is 2.47 bits per heavy atom. The molecule has 0 rings (SSSR count). The van der Waals surface area contributed by atoms with Gasteiger partial charge in [0.15, 0.2) is 0 Å². The molecule has 1 N–H and O–H groups in total. The van der Waals surface area contributed by atoms with Crippen LogP contribution in [0.1, 0.15) is 33.6 Å². The second-order valence-corrected chi connectivity index (χ2v) is 3.82. The standard InChI is InChI=1S/C11H20N2O2/c1-4-5-10(8-12)11(15)13(6-7-14)9(2)3/h9-10,14H,4-7H2,1-3H3. The lowest BCUT2D eigenvalue weighted by Crippen LogP contribution is -2.42. The normalized spacial score (nSPS) is 12.3. The van der Waals surface area contributed by atoms with E-state index in [9.17, 15) is 4.79 Å². The summed E-state index contributed by atoms with van der Waals surface area (Å²) in [5, 5.41) is 17.7. The van der Waals surface area contributed by atoms with E-state index in [1.54, 1.807) is 4.90 Å². The summed E-state index contributed by atoms with van der Waals surface area (Å²) in [6.07, 6.45) is 1.40. The van der Waals surface area contributed by atoms with Gasteiger partial charge in [0.25, 0.3) is 0 Å². The molecule has 0 fully saturated rings. The van der Waals surface area contributed by atoms with E-state index in [0.717, 1.165) is 6.42 Å². The summed E-state index contributed by atoms with van der Waals surface area (Å²) < 4.78 is 0. The van der Waals surface area contributed by atoms with Gasteiger partial charge in [0.1, 0.15) is 5.92 Å². The second-order valence-electron chi connectivity index (χ2n) is 3.82. The number of hydrogen-bond donors (Lipinski definition) is 1. The Morgan fingerprint density at radius 1 is 1.53 bits per heavy atom. The maximum Gasteiger partial charge on any atom is 0.240 e. The molecule has 4 nitrogen and oxygen atoms in total. The van der Waals surface area contributed by atoms with Gasteiger partial charge in [-0.05, 0) is 20.3 Å². The minimum atomic E-state index is -0.566. The van der Waals surface area contributed by atoms with Gasteiger partial charge < -0.3 is 10.0 Å². The van der Waals surface area contributed by atoms with Crippen molar-refractivity contribution in [2.24, 2.45) is 5.92 Å². The molecule has 0 aromatic rings. The highest BCUT2D eigenvalue weighted by molar-refractivity contribution is 5.81. The molecule has 86 valence electrons. The smallest absolute Gasteiger partial charge is 0.240 e. The van der Waals surface area contributed by atoms with Crippen LogP contribution in [0.5, 0.6) is 0 Å². The van der Waals surface area contributed by atoms with Crippen LogP contribution in [0.4, 0.5) is 0 Å². The molecule has 0 saturated heterocycles. The van der Waals surface area contributed by atoms with Gasteiger partial charge in [-0.25, -0.2) is 0 Å². The molecule has 0 aromatic carbocycles. The maximum atomic E-state index is 11.9. The average molecular weight is 212 g/mol. The summed E-state index contributed by atoms with van der Waals surface area (Å²) in [5.74, 6) is -0.729. The van der Waals surface area contributed by atoms with Gasteiger partial charge in [0.05, 0.1) is 12.7 Å². The van der Waals surface area contributed by atoms with E-state index in [2.05, 4.69) is 0 Å². The third-order valence-corrected chi connectivity index (χ3v) is 2.28. The Hall–Kier alpha value is -1.08. The maximum absolute atomic E-state index is 11.9. The van der Waals surface area contributed by atoms with Crippen molar-refractivity contribution in [3.63, 3.8) is 0 Å². The molecule has 0 aliphatic heterocycles.